The zero-order valence-electron chi connectivity index (χ0n) is 11.6. The van der Waals surface area contributed by atoms with Gasteiger partial charge in [-0.25, -0.2) is 9.97 Å². The third-order valence-electron chi connectivity index (χ3n) is 2.86. The van der Waals surface area contributed by atoms with Crippen LogP contribution < -0.4 is 5.32 Å². The van der Waals surface area contributed by atoms with Crippen LogP contribution in [-0.2, 0) is 6.54 Å². The van der Waals surface area contributed by atoms with Crippen LogP contribution >= 0.6 is 0 Å². The molecule has 5 nitrogen and oxygen atoms in total. The van der Waals surface area contributed by atoms with Gasteiger partial charge in [0.15, 0.2) is 0 Å². The van der Waals surface area contributed by atoms with Gasteiger partial charge in [-0.05, 0) is 36.8 Å². The monoisotopic (exact) mass is 281 g/mol. The van der Waals surface area contributed by atoms with Gasteiger partial charge in [0.2, 0.25) is 0 Å². The van der Waals surface area contributed by atoms with Crippen LogP contribution in [0, 0.1) is 18.8 Å². The third kappa shape index (κ3) is 4.13. The summed E-state index contributed by atoms with van der Waals surface area (Å²) in [6.45, 7) is 2.05. The van der Waals surface area contributed by atoms with Crippen molar-refractivity contribution in [1.82, 2.24) is 15.3 Å². The molecule has 0 saturated heterocycles. The number of carbonyl (C=O) groups is 1. The van der Waals surface area contributed by atoms with E-state index in [0.717, 1.165) is 16.8 Å². The minimum absolute atomic E-state index is 0.168. The van der Waals surface area contributed by atoms with E-state index in [9.17, 15) is 4.79 Å². The van der Waals surface area contributed by atoms with E-state index in [1.807, 2.05) is 6.92 Å². The number of aliphatic hydroxyl groups is 1. The summed E-state index contributed by atoms with van der Waals surface area (Å²) < 4.78 is 0. The molecule has 2 N–H and O–H groups in total. The molecule has 0 bridgehead atoms. The summed E-state index contributed by atoms with van der Waals surface area (Å²) in [6, 6.07) is 7.01. The predicted molar refractivity (Wildman–Crippen MR) is 78.3 cm³/mol. The van der Waals surface area contributed by atoms with E-state index in [0.29, 0.717) is 12.1 Å². The van der Waals surface area contributed by atoms with Gasteiger partial charge in [0, 0.05) is 17.3 Å². The molecule has 5 heteroatoms. The average Bonchev–Trinajstić information content (AvgIpc) is 2.52. The van der Waals surface area contributed by atoms with Crippen molar-refractivity contribution in [1.29, 1.82) is 0 Å². The molecule has 21 heavy (non-hydrogen) atoms. The lowest BCUT2D eigenvalue weighted by molar-refractivity contribution is 0.0950. The van der Waals surface area contributed by atoms with E-state index in [2.05, 4.69) is 27.1 Å². The zero-order chi connectivity index (χ0) is 15.1. The fourth-order valence-electron chi connectivity index (χ4n) is 1.78. The van der Waals surface area contributed by atoms with Crippen LogP contribution in [-0.4, -0.2) is 27.6 Å². The van der Waals surface area contributed by atoms with Gasteiger partial charge in [-0.2, -0.15) is 0 Å². The Kier molecular flexibility index (Phi) is 5.02. The molecule has 2 aromatic rings. The van der Waals surface area contributed by atoms with Crippen molar-refractivity contribution in [2.24, 2.45) is 0 Å². The Labute approximate surface area is 123 Å². The number of hydrogen-bond donors (Lipinski definition) is 2. The molecule has 0 saturated carbocycles. The smallest absolute Gasteiger partial charge is 0.251 e. The number of nitrogens with one attached hydrogen (secondary N) is 1. The van der Waals surface area contributed by atoms with Gasteiger partial charge in [-0.3, -0.25) is 4.79 Å². The van der Waals surface area contributed by atoms with Gasteiger partial charge in [-0.1, -0.05) is 11.8 Å². The average molecular weight is 281 g/mol. The molecule has 1 amide bonds. The Bertz CT molecular complexity index is 688. The fourth-order valence-corrected chi connectivity index (χ4v) is 1.78. The minimum Gasteiger partial charge on any atom is -0.384 e. The lowest BCUT2D eigenvalue weighted by atomic mass is 10.0. The number of benzene rings is 1. The number of aromatic nitrogens is 2. The predicted octanol–water partition coefficient (Wildman–Crippen LogP) is 1.06. The molecule has 1 aromatic carbocycles. The van der Waals surface area contributed by atoms with Crippen molar-refractivity contribution < 1.29 is 9.90 Å². The number of aliphatic hydroxyl groups excluding tert-OH is 1. The van der Waals surface area contributed by atoms with Gasteiger partial charge >= 0.3 is 0 Å². The molecule has 0 spiro atoms. The number of carbonyl (C=O) groups excluding carboxylic acids is 1. The molecular formula is C16H15N3O2. The van der Waals surface area contributed by atoms with Crippen molar-refractivity contribution in [2.45, 2.75) is 13.5 Å². The van der Waals surface area contributed by atoms with E-state index in [1.54, 1.807) is 30.5 Å². The molecule has 0 aliphatic carbocycles. The Balaban J connectivity index is 2.04. The van der Waals surface area contributed by atoms with Gasteiger partial charge in [0.1, 0.15) is 12.9 Å². The second-order valence-electron chi connectivity index (χ2n) is 4.37. The van der Waals surface area contributed by atoms with Crippen LogP contribution in [0.5, 0.6) is 0 Å². The first-order valence-electron chi connectivity index (χ1n) is 6.44. The molecule has 0 radical (unpaired) electrons. The Morgan fingerprint density at radius 2 is 2.24 bits per heavy atom. The van der Waals surface area contributed by atoms with Crippen LogP contribution in [0.1, 0.15) is 27.2 Å². The highest BCUT2D eigenvalue weighted by atomic mass is 16.2. The summed E-state index contributed by atoms with van der Waals surface area (Å²) in [5, 5.41) is 11.5. The summed E-state index contributed by atoms with van der Waals surface area (Å²) in [7, 11) is 0. The molecule has 0 unspecified atom stereocenters. The summed E-state index contributed by atoms with van der Waals surface area (Å²) in [4.78, 5) is 19.9. The Morgan fingerprint density at radius 1 is 1.38 bits per heavy atom. The van der Waals surface area contributed by atoms with Crippen molar-refractivity contribution >= 4 is 5.91 Å². The lowest BCUT2D eigenvalue weighted by Crippen LogP contribution is -2.23. The third-order valence-corrected chi connectivity index (χ3v) is 2.86. The van der Waals surface area contributed by atoms with E-state index in [1.165, 1.54) is 6.33 Å². The largest absolute Gasteiger partial charge is 0.384 e. The number of hydrogen-bond acceptors (Lipinski definition) is 4. The molecule has 2 rings (SSSR count). The quantitative estimate of drug-likeness (QED) is 0.825. The molecule has 0 aliphatic heterocycles. The van der Waals surface area contributed by atoms with Gasteiger partial charge in [0.25, 0.3) is 5.91 Å². The van der Waals surface area contributed by atoms with Crippen LogP contribution in [0.3, 0.4) is 0 Å². The second kappa shape index (κ2) is 7.17. The first kappa shape index (κ1) is 14.7. The lowest BCUT2D eigenvalue weighted by Gasteiger charge is -2.06. The normalized spacial score (nSPS) is 9.62. The fraction of sp³-hybridized carbons (Fsp3) is 0.188. The van der Waals surface area contributed by atoms with E-state index in [-0.39, 0.29) is 12.5 Å². The minimum atomic E-state index is -0.180. The summed E-state index contributed by atoms with van der Waals surface area (Å²) in [6.07, 6.45) is 3.08. The van der Waals surface area contributed by atoms with Crippen LogP contribution in [0.25, 0.3) is 0 Å². The molecule has 106 valence electrons. The Morgan fingerprint density at radius 3 is 2.90 bits per heavy atom. The SMILES string of the molecule is Cc1cc(C(=O)NCc2ccncn2)ccc1C#CCO. The van der Waals surface area contributed by atoms with E-state index >= 15 is 0 Å². The van der Waals surface area contributed by atoms with Gasteiger partial charge in [0.05, 0.1) is 12.2 Å². The molecule has 0 atom stereocenters. The highest BCUT2D eigenvalue weighted by Gasteiger charge is 2.07. The van der Waals surface area contributed by atoms with Crippen molar-refractivity contribution in [3.63, 3.8) is 0 Å². The van der Waals surface area contributed by atoms with Crippen molar-refractivity contribution in [3.05, 3.63) is 59.2 Å². The maximum Gasteiger partial charge on any atom is 0.251 e. The van der Waals surface area contributed by atoms with Crippen LogP contribution in [0.2, 0.25) is 0 Å². The highest BCUT2D eigenvalue weighted by molar-refractivity contribution is 5.94. The topological polar surface area (TPSA) is 75.1 Å². The van der Waals surface area contributed by atoms with E-state index in [4.69, 9.17) is 5.11 Å². The number of nitrogens with zero attached hydrogens (tertiary/aromatic N) is 2. The standard InChI is InChI=1S/C16H15N3O2/c1-12-9-14(5-4-13(12)3-2-8-20)16(21)18-10-15-6-7-17-11-19-15/h4-7,9,11,20H,8,10H2,1H3,(H,18,21). The summed E-state index contributed by atoms with van der Waals surface area (Å²) in [5.74, 6) is 5.26. The van der Waals surface area contributed by atoms with Crippen LogP contribution in [0.4, 0.5) is 0 Å². The molecule has 1 aromatic heterocycles. The zero-order valence-corrected chi connectivity index (χ0v) is 11.6. The van der Waals surface area contributed by atoms with Crippen molar-refractivity contribution in [3.8, 4) is 11.8 Å². The van der Waals surface area contributed by atoms with E-state index < -0.39 is 0 Å². The second-order valence-corrected chi connectivity index (χ2v) is 4.37. The summed E-state index contributed by atoms with van der Waals surface area (Å²) in [5.41, 5.74) is 3.01. The van der Waals surface area contributed by atoms with Crippen LogP contribution in [0.15, 0.2) is 36.8 Å². The maximum absolute atomic E-state index is 12.1. The maximum atomic E-state index is 12.1. The molecule has 1 heterocycles. The van der Waals surface area contributed by atoms with Gasteiger partial charge < -0.3 is 10.4 Å². The molecule has 0 fully saturated rings. The highest BCUT2D eigenvalue weighted by Crippen LogP contribution is 2.10. The van der Waals surface area contributed by atoms with Crippen molar-refractivity contribution in [2.75, 3.05) is 6.61 Å². The number of aryl methyl sites for hydroxylation is 1. The Hall–Kier alpha value is -2.71. The summed E-state index contributed by atoms with van der Waals surface area (Å²) >= 11 is 0. The van der Waals surface area contributed by atoms with Gasteiger partial charge in [-0.15, -0.1) is 0 Å². The molecular weight excluding hydrogens is 266 g/mol. The first-order valence-corrected chi connectivity index (χ1v) is 6.44. The number of amides is 1. The molecule has 0 aliphatic rings. The first-order chi connectivity index (χ1) is 10.2. The number of rotatable bonds is 3.